The average molecular weight is 196 g/mol. The zero-order valence-corrected chi connectivity index (χ0v) is 7.32. The molecule has 0 saturated heterocycles. The maximum Gasteiger partial charge on any atom is 0.147 e. The van der Waals surface area contributed by atoms with Crippen molar-refractivity contribution >= 4 is 46.4 Å². The highest BCUT2D eigenvalue weighted by atomic mass is 35.5. The first-order valence-corrected chi connectivity index (χ1v) is 3.79. The average Bonchev–Trinajstić information content (AvgIpc) is 1.67. The van der Waals surface area contributed by atoms with Crippen LogP contribution in [0.2, 0.25) is 0 Å². The molecule has 0 rings (SSSR count). The lowest BCUT2D eigenvalue weighted by Gasteiger charge is -2.16. The van der Waals surface area contributed by atoms with Gasteiger partial charge in [0.15, 0.2) is 0 Å². The van der Waals surface area contributed by atoms with Crippen LogP contribution in [0.25, 0.3) is 0 Å². The molecule has 50 valence electrons. The second-order valence-electron chi connectivity index (χ2n) is 1.42. The van der Waals surface area contributed by atoms with Gasteiger partial charge in [-0.15, -0.1) is 23.2 Å². The van der Waals surface area contributed by atoms with Crippen LogP contribution >= 0.6 is 46.4 Å². The minimum absolute atomic E-state index is 0.549. The van der Waals surface area contributed by atoms with Gasteiger partial charge in [0, 0.05) is 0 Å². The first kappa shape index (κ1) is 9.16. The molecule has 0 aliphatic carbocycles. The quantitative estimate of drug-likeness (QED) is 0.593. The third-order valence-corrected chi connectivity index (χ3v) is 2.95. The standard InChI is InChI=1S/C4H6Cl4/c1-2-4(7,8)3(5)6/h3H,2H2,1H3. The van der Waals surface area contributed by atoms with Crippen LogP contribution in [-0.2, 0) is 0 Å². The fourth-order valence-electron chi connectivity index (χ4n) is 0.154. The molecule has 4 heteroatoms. The largest absolute Gasteiger partial charge is 0.147 e. The summed E-state index contributed by atoms with van der Waals surface area (Å²) in [4.78, 5) is -0.712. The van der Waals surface area contributed by atoms with Crippen molar-refractivity contribution in [1.29, 1.82) is 0 Å². The van der Waals surface area contributed by atoms with Crippen LogP contribution in [-0.4, -0.2) is 9.17 Å². The predicted octanol–water partition coefficient (Wildman–Crippen LogP) is 3.37. The van der Waals surface area contributed by atoms with Gasteiger partial charge in [-0.3, -0.25) is 0 Å². The van der Waals surface area contributed by atoms with Crippen molar-refractivity contribution in [1.82, 2.24) is 0 Å². The van der Waals surface area contributed by atoms with Gasteiger partial charge in [-0.05, 0) is 6.42 Å². The summed E-state index contributed by atoms with van der Waals surface area (Å²) >= 11 is 21.9. The third kappa shape index (κ3) is 2.63. The number of hydrogen-bond acceptors (Lipinski definition) is 0. The molecule has 0 aromatic carbocycles. The van der Waals surface area contributed by atoms with E-state index < -0.39 is 9.17 Å². The Hall–Kier alpha value is 1.16. The molecule has 0 heterocycles. The molecule has 0 amide bonds. The number of halogens is 4. The van der Waals surface area contributed by atoms with Crippen molar-refractivity contribution < 1.29 is 0 Å². The summed E-state index contributed by atoms with van der Waals surface area (Å²) in [5, 5.41) is 0. The first-order valence-electron chi connectivity index (χ1n) is 2.16. The summed E-state index contributed by atoms with van der Waals surface area (Å²) in [5.41, 5.74) is 0. The van der Waals surface area contributed by atoms with Crippen molar-refractivity contribution in [2.75, 3.05) is 0 Å². The lowest BCUT2D eigenvalue weighted by molar-refractivity contribution is 0.796. The van der Waals surface area contributed by atoms with Crippen LogP contribution in [0.3, 0.4) is 0 Å². The fraction of sp³-hybridized carbons (Fsp3) is 1.00. The Bertz CT molecular complexity index is 68.4. The molecular weight excluding hydrogens is 190 g/mol. The van der Waals surface area contributed by atoms with E-state index in [9.17, 15) is 0 Å². The minimum atomic E-state index is -0.983. The Kier molecular flexibility index (Phi) is 3.85. The van der Waals surface area contributed by atoms with Crippen LogP contribution in [0.5, 0.6) is 0 Å². The lowest BCUT2D eigenvalue weighted by atomic mass is 10.4. The highest BCUT2D eigenvalue weighted by Crippen LogP contribution is 2.34. The second kappa shape index (κ2) is 3.36. The van der Waals surface area contributed by atoms with Gasteiger partial charge in [-0.25, -0.2) is 0 Å². The van der Waals surface area contributed by atoms with E-state index in [2.05, 4.69) is 0 Å². The van der Waals surface area contributed by atoms with Crippen molar-refractivity contribution in [3.05, 3.63) is 0 Å². The summed E-state index contributed by atoms with van der Waals surface area (Å²) in [7, 11) is 0. The van der Waals surface area contributed by atoms with Crippen molar-refractivity contribution in [2.45, 2.75) is 22.5 Å². The second-order valence-corrected chi connectivity index (χ2v) is 4.05. The van der Waals surface area contributed by atoms with Gasteiger partial charge in [0.05, 0.1) is 0 Å². The van der Waals surface area contributed by atoms with Gasteiger partial charge in [0.2, 0.25) is 0 Å². The van der Waals surface area contributed by atoms with E-state index in [0.717, 1.165) is 0 Å². The van der Waals surface area contributed by atoms with Crippen LogP contribution in [0, 0.1) is 0 Å². The molecule has 0 radical (unpaired) electrons. The van der Waals surface area contributed by atoms with Gasteiger partial charge in [0.1, 0.15) is 9.17 Å². The van der Waals surface area contributed by atoms with E-state index >= 15 is 0 Å². The minimum Gasteiger partial charge on any atom is -0.102 e. The molecule has 0 saturated carbocycles. The number of alkyl halides is 4. The molecule has 0 aliphatic rings. The summed E-state index contributed by atoms with van der Waals surface area (Å²) in [5.74, 6) is 0. The van der Waals surface area contributed by atoms with Gasteiger partial charge in [-0.1, -0.05) is 30.1 Å². The van der Waals surface area contributed by atoms with Gasteiger partial charge < -0.3 is 0 Å². The molecule has 0 fully saturated rings. The number of rotatable bonds is 2. The zero-order valence-electron chi connectivity index (χ0n) is 4.30. The van der Waals surface area contributed by atoms with E-state index in [4.69, 9.17) is 46.4 Å². The maximum atomic E-state index is 5.56. The normalized spacial score (nSPS) is 12.8. The molecule has 0 aliphatic heterocycles. The van der Waals surface area contributed by atoms with Gasteiger partial charge >= 0.3 is 0 Å². The molecule has 0 spiro atoms. The topological polar surface area (TPSA) is 0 Å². The van der Waals surface area contributed by atoms with Crippen molar-refractivity contribution in [2.24, 2.45) is 0 Å². The number of hydrogen-bond donors (Lipinski definition) is 0. The Morgan fingerprint density at radius 3 is 1.75 bits per heavy atom. The Morgan fingerprint density at radius 1 is 1.38 bits per heavy atom. The monoisotopic (exact) mass is 194 g/mol. The summed E-state index contributed by atoms with van der Waals surface area (Å²) in [6, 6.07) is 0. The van der Waals surface area contributed by atoms with Gasteiger partial charge in [-0.2, -0.15) is 0 Å². The fourth-order valence-corrected chi connectivity index (χ4v) is 0.463. The predicted molar refractivity (Wildman–Crippen MR) is 40.2 cm³/mol. The van der Waals surface area contributed by atoms with E-state index in [-0.39, 0.29) is 0 Å². The highest BCUT2D eigenvalue weighted by molar-refractivity contribution is 6.59. The molecule has 0 N–H and O–H groups in total. The molecule has 0 bridgehead atoms. The molecule has 0 aromatic rings. The van der Waals surface area contributed by atoms with E-state index in [1.807, 2.05) is 6.92 Å². The molecule has 8 heavy (non-hydrogen) atoms. The zero-order chi connectivity index (χ0) is 6.78. The van der Waals surface area contributed by atoms with E-state index in [1.165, 1.54) is 0 Å². The smallest absolute Gasteiger partial charge is 0.102 e. The van der Waals surface area contributed by atoms with Crippen molar-refractivity contribution in [3.8, 4) is 0 Å². The lowest BCUT2D eigenvalue weighted by Crippen LogP contribution is -2.19. The first-order chi connectivity index (χ1) is 3.50. The van der Waals surface area contributed by atoms with Crippen LogP contribution in [0.15, 0.2) is 0 Å². The summed E-state index contributed by atoms with van der Waals surface area (Å²) < 4.78 is -0.983. The van der Waals surface area contributed by atoms with E-state index in [1.54, 1.807) is 0 Å². The Balaban J connectivity index is 3.71. The molecular formula is C4H6Cl4. The highest BCUT2D eigenvalue weighted by Gasteiger charge is 2.29. The summed E-state index contributed by atoms with van der Waals surface area (Å²) in [6.07, 6.45) is 0.549. The third-order valence-electron chi connectivity index (χ3n) is 0.791. The SMILES string of the molecule is CCC(Cl)(Cl)C(Cl)Cl. The van der Waals surface area contributed by atoms with E-state index in [0.29, 0.717) is 6.42 Å². The molecule has 0 unspecified atom stereocenters. The van der Waals surface area contributed by atoms with Gasteiger partial charge in [0.25, 0.3) is 0 Å². The van der Waals surface area contributed by atoms with Crippen LogP contribution in [0.1, 0.15) is 13.3 Å². The van der Waals surface area contributed by atoms with Crippen molar-refractivity contribution in [3.63, 3.8) is 0 Å². The molecule has 0 nitrogen and oxygen atoms in total. The Morgan fingerprint density at radius 2 is 1.75 bits per heavy atom. The molecule has 0 aromatic heterocycles. The maximum absolute atomic E-state index is 5.56. The summed E-state index contributed by atoms with van der Waals surface area (Å²) in [6.45, 7) is 1.82. The Labute approximate surface area is 69.0 Å². The molecule has 0 atom stereocenters. The van der Waals surface area contributed by atoms with Crippen LogP contribution < -0.4 is 0 Å². The van der Waals surface area contributed by atoms with Crippen LogP contribution in [0.4, 0.5) is 0 Å².